The van der Waals surface area contributed by atoms with E-state index >= 15 is 0 Å². The molecule has 0 fully saturated rings. The molecule has 2 amide bonds. The number of halogens is 4. The summed E-state index contributed by atoms with van der Waals surface area (Å²) in [6.07, 6.45) is 7.16. The number of carbonyl (C=O) groups excluding carboxylic acids is 2. The van der Waals surface area contributed by atoms with Crippen LogP contribution in [0.15, 0.2) is 111 Å². The summed E-state index contributed by atoms with van der Waals surface area (Å²) >= 11 is 13.1. The van der Waals surface area contributed by atoms with Crippen molar-refractivity contribution in [2.45, 2.75) is 0 Å². The predicted octanol–water partition coefficient (Wildman–Crippen LogP) is 5.32. The van der Waals surface area contributed by atoms with Crippen LogP contribution in [-0.2, 0) is 61.5 Å². The van der Waals surface area contributed by atoms with Gasteiger partial charge in [0.15, 0.2) is 0 Å². The molecule has 0 aromatic heterocycles. The number of nitrogens with zero attached hydrogens (tertiary/aromatic N) is 6. The van der Waals surface area contributed by atoms with Crippen LogP contribution in [0.5, 0.6) is 23.0 Å². The fraction of sp³-hybridized carbons (Fsp3) is 0.286. The molecule has 0 unspecified atom stereocenters. The van der Waals surface area contributed by atoms with Crippen LogP contribution >= 0.6 is 85.3 Å². The van der Waals surface area contributed by atoms with Crippen LogP contribution in [0, 0.1) is 0 Å². The first-order valence-corrected chi connectivity index (χ1v) is 28.4. The molecule has 0 heterocycles. The topological polar surface area (TPSA) is 251 Å². The van der Waals surface area contributed by atoms with Crippen molar-refractivity contribution >= 4 is 141 Å². The van der Waals surface area contributed by atoms with E-state index in [1.54, 1.807) is 76.7 Å². The Bertz CT molecular complexity index is 2340. The van der Waals surface area contributed by atoms with Gasteiger partial charge < -0.3 is 30.2 Å². The minimum Gasteiger partial charge on any atom is -0.872 e. The van der Waals surface area contributed by atoms with Gasteiger partial charge >= 0.3 is 34.1 Å². The molecule has 0 aliphatic heterocycles. The van der Waals surface area contributed by atoms with E-state index in [0.29, 0.717) is 22.3 Å². The van der Waals surface area contributed by atoms with Gasteiger partial charge in [-0.25, -0.2) is 16.8 Å². The van der Waals surface area contributed by atoms with Gasteiger partial charge in [0.1, 0.15) is 0 Å². The first-order chi connectivity index (χ1) is 31.1. The Balaban J connectivity index is 0. The molecule has 16 nitrogen and oxygen atoms in total. The van der Waals surface area contributed by atoms with E-state index in [1.807, 2.05) is 0 Å². The number of hydrogen-bond donors (Lipinski definition) is 0. The molecule has 68 heavy (non-hydrogen) atoms. The molecule has 378 valence electrons. The third-order valence-electron chi connectivity index (χ3n) is 7.14. The molecule has 0 saturated carbocycles. The monoisotopic (exact) mass is 1360 g/mol. The largest absolute Gasteiger partial charge is 2.00 e. The molecule has 0 aliphatic carbocycles. The van der Waals surface area contributed by atoms with Crippen molar-refractivity contribution in [2.24, 2.45) is 20.0 Å². The molecule has 2 radical (unpaired) electrons. The zero-order chi connectivity index (χ0) is 49.7. The second-order valence-corrected chi connectivity index (χ2v) is 25.6. The average Bonchev–Trinajstić information content (AvgIpc) is 3.26. The molecule has 4 rings (SSSR count). The predicted molar refractivity (Wildman–Crippen MR) is 276 cm³/mol. The Morgan fingerprint density at radius 1 is 0.471 bits per heavy atom. The molecule has 0 aliphatic rings. The molecule has 0 atom stereocenters. The van der Waals surface area contributed by atoms with Crippen LogP contribution in [0.4, 0.5) is 0 Å². The Morgan fingerprint density at radius 3 is 0.912 bits per heavy atom. The maximum atomic E-state index is 12.0. The summed E-state index contributed by atoms with van der Waals surface area (Å²) in [6, 6.07) is 18.9. The molecule has 0 bridgehead atoms. The van der Waals surface area contributed by atoms with Crippen molar-refractivity contribution in [3.8, 4) is 23.0 Å². The van der Waals surface area contributed by atoms with Gasteiger partial charge in [0.2, 0.25) is 30.6 Å². The van der Waals surface area contributed by atoms with Gasteiger partial charge in [0.25, 0.3) is 0 Å². The van der Waals surface area contributed by atoms with Gasteiger partial charge in [-0.05, 0) is 92.4 Å². The SMILES string of the molecule is CN(C)C=O.CN(C)C=O.O=S(=O)(CCN=Cc1cc(Br)ccc1[O-])SCCN=Cc1cc(Br)ccc1[O-].O=S(=O)(CCN=Cc1cc(Br)ccc1[O-])SCCN=Cc1cc(Br)ccc1[O-].[Cu+2].[Cu+2]. The zero-order valence-electron chi connectivity index (χ0n) is 36.6. The summed E-state index contributed by atoms with van der Waals surface area (Å²) in [6.45, 7) is 0.692. The van der Waals surface area contributed by atoms with Gasteiger partial charge in [-0.1, -0.05) is 111 Å². The van der Waals surface area contributed by atoms with E-state index in [-0.39, 0.29) is 106 Å². The molecule has 4 aromatic rings. The van der Waals surface area contributed by atoms with Crippen LogP contribution in [0.3, 0.4) is 0 Å². The molecule has 4 aromatic carbocycles. The Morgan fingerprint density at radius 2 is 0.691 bits per heavy atom. The van der Waals surface area contributed by atoms with Crippen molar-refractivity contribution in [1.29, 1.82) is 0 Å². The van der Waals surface area contributed by atoms with Crippen LogP contribution in [0.1, 0.15) is 22.3 Å². The van der Waals surface area contributed by atoms with Crippen LogP contribution in [0.25, 0.3) is 0 Å². The average molecular weight is 1370 g/mol. The molecule has 0 saturated heterocycles. The third kappa shape index (κ3) is 32.2. The second kappa shape index (κ2) is 37.1. The van der Waals surface area contributed by atoms with E-state index in [4.69, 9.17) is 0 Å². The summed E-state index contributed by atoms with van der Waals surface area (Å²) in [5, 5.41) is 46.5. The van der Waals surface area contributed by atoms with Gasteiger partial charge in [0, 0.05) is 95.5 Å². The van der Waals surface area contributed by atoms with Gasteiger partial charge in [-0.3, -0.25) is 29.6 Å². The van der Waals surface area contributed by atoms with E-state index in [1.165, 1.54) is 58.9 Å². The number of carbonyl (C=O) groups is 2. The number of hydrogen-bond acceptors (Lipinski definition) is 16. The maximum absolute atomic E-state index is 12.0. The number of amides is 2. The first-order valence-electron chi connectivity index (χ1n) is 18.9. The molecular formula is C42H46Br4Cu2N6O10S4. The number of aliphatic imine (C=N–C) groups is 4. The smallest absolute Gasteiger partial charge is 0.872 e. The van der Waals surface area contributed by atoms with E-state index < -0.39 is 17.7 Å². The first kappa shape index (κ1) is 67.3. The standard InChI is InChI=1S/2C18H18Br2N2O4S2.2C3H7NO.2Cu/c2*19-15-1-3-17(23)13(9-15)11-21-5-7-27-28(25,26)8-6-22-12-14-10-16(20)2-4-18(14)24;2*1-4(2)3-5;;/h2*1-4,9-12,23-24H,5-8H2;2*3H,1-2H3;;/q;;;;2*+2/p-4. The Hall–Kier alpha value is -2.74. The summed E-state index contributed by atoms with van der Waals surface area (Å²) in [5.74, 6) is -0.328. The molecular weight excluding hydrogens is 1320 g/mol. The van der Waals surface area contributed by atoms with Crippen molar-refractivity contribution in [1.82, 2.24) is 9.80 Å². The van der Waals surface area contributed by atoms with Crippen LogP contribution < -0.4 is 20.4 Å². The van der Waals surface area contributed by atoms with Crippen molar-refractivity contribution in [3.05, 3.63) is 113 Å². The van der Waals surface area contributed by atoms with Gasteiger partial charge in [-0.2, -0.15) is 0 Å². The maximum Gasteiger partial charge on any atom is 2.00 e. The fourth-order valence-electron chi connectivity index (χ4n) is 4.01. The fourth-order valence-corrected chi connectivity index (χ4v) is 10.4. The molecule has 26 heteroatoms. The van der Waals surface area contributed by atoms with Crippen molar-refractivity contribution < 1.29 is 81.0 Å². The zero-order valence-corrected chi connectivity index (χ0v) is 48.1. The molecule has 0 N–H and O–H groups in total. The third-order valence-corrected chi connectivity index (χ3v) is 16.0. The van der Waals surface area contributed by atoms with Gasteiger partial charge in [0.05, 0.1) is 24.6 Å². The summed E-state index contributed by atoms with van der Waals surface area (Å²) in [4.78, 5) is 38.0. The van der Waals surface area contributed by atoms with Crippen LogP contribution in [0.2, 0.25) is 0 Å². The summed E-state index contributed by atoms with van der Waals surface area (Å²) in [7, 11) is 1.67. The molecule has 0 spiro atoms. The normalized spacial score (nSPS) is 11.1. The van der Waals surface area contributed by atoms with Crippen LogP contribution in [-0.4, -0.2) is 142 Å². The summed E-state index contributed by atoms with van der Waals surface area (Å²) in [5.41, 5.74) is 1.70. The number of benzene rings is 4. The second-order valence-electron chi connectivity index (χ2n) is 13.2. The Kier molecular flexibility index (Phi) is 36.7. The Labute approximate surface area is 460 Å². The minimum absolute atomic E-state index is 0. The van der Waals surface area contributed by atoms with Crippen molar-refractivity contribution in [3.63, 3.8) is 0 Å². The minimum atomic E-state index is -3.34. The summed E-state index contributed by atoms with van der Waals surface area (Å²) < 4.78 is 51.1. The van der Waals surface area contributed by atoms with Crippen molar-refractivity contribution in [2.75, 3.05) is 77.4 Å². The quantitative estimate of drug-likeness (QED) is 0.0358. The van der Waals surface area contributed by atoms with Gasteiger partial charge in [-0.15, -0.1) is 0 Å². The number of rotatable bonds is 20. The van der Waals surface area contributed by atoms with E-state index in [9.17, 15) is 46.9 Å². The van der Waals surface area contributed by atoms with E-state index in [0.717, 1.165) is 52.3 Å². The van der Waals surface area contributed by atoms with E-state index in [2.05, 4.69) is 83.7 Å².